The predicted octanol–water partition coefficient (Wildman–Crippen LogP) is 2.02. The average Bonchev–Trinajstić information content (AvgIpc) is 2.46. The van der Waals surface area contributed by atoms with Crippen molar-refractivity contribution in [3.63, 3.8) is 0 Å². The zero-order valence-electron chi connectivity index (χ0n) is 10.1. The number of nitrogens with zero attached hydrogens (tertiary/aromatic N) is 1. The molecule has 18 heavy (non-hydrogen) atoms. The van der Waals surface area contributed by atoms with Crippen molar-refractivity contribution < 1.29 is 9.53 Å². The summed E-state index contributed by atoms with van der Waals surface area (Å²) in [6.45, 7) is 0.465. The first-order chi connectivity index (χ1) is 8.79. The third-order valence-corrected chi connectivity index (χ3v) is 2.46. The molecule has 4 nitrogen and oxygen atoms in total. The van der Waals surface area contributed by atoms with Gasteiger partial charge < -0.3 is 10.1 Å². The molecule has 1 amide bonds. The standard InChI is InChI=1S/C14H14N2O2/c1-15-14(17)12-7-8-13(16-9-12)18-10-11-5-3-2-4-6-11/h2-9H,10H2,1H3,(H,15,17). The van der Waals surface area contributed by atoms with Gasteiger partial charge in [0, 0.05) is 19.3 Å². The summed E-state index contributed by atoms with van der Waals surface area (Å²) in [7, 11) is 1.59. The predicted molar refractivity (Wildman–Crippen MR) is 68.4 cm³/mol. The fourth-order valence-corrected chi connectivity index (χ4v) is 1.48. The molecule has 1 aromatic carbocycles. The summed E-state index contributed by atoms with van der Waals surface area (Å²) in [5.74, 6) is 0.351. The van der Waals surface area contributed by atoms with E-state index in [1.807, 2.05) is 30.3 Å². The molecule has 0 bridgehead atoms. The first-order valence-electron chi connectivity index (χ1n) is 5.64. The first kappa shape index (κ1) is 12.1. The van der Waals surface area contributed by atoms with Crippen LogP contribution in [-0.4, -0.2) is 17.9 Å². The minimum Gasteiger partial charge on any atom is -0.473 e. The number of pyridine rings is 1. The third-order valence-electron chi connectivity index (χ3n) is 2.46. The number of hydrogen-bond donors (Lipinski definition) is 1. The van der Waals surface area contributed by atoms with Gasteiger partial charge in [-0.3, -0.25) is 4.79 Å². The lowest BCUT2D eigenvalue weighted by atomic mass is 10.2. The molecule has 0 aliphatic rings. The van der Waals surface area contributed by atoms with Crippen molar-refractivity contribution in [2.75, 3.05) is 7.05 Å². The molecule has 1 heterocycles. The van der Waals surface area contributed by atoms with E-state index in [2.05, 4.69) is 10.3 Å². The normalized spacial score (nSPS) is 9.83. The SMILES string of the molecule is CNC(=O)c1ccc(OCc2ccccc2)nc1. The molecule has 1 aromatic heterocycles. The van der Waals surface area contributed by atoms with Crippen LogP contribution in [0.3, 0.4) is 0 Å². The number of carbonyl (C=O) groups is 1. The summed E-state index contributed by atoms with van der Waals surface area (Å²) in [6.07, 6.45) is 1.50. The molecule has 0 atom stereocenters. The molecule has 0 aliphatic carbocycles. The first-order valence-corrected chi connectivity index (χ1v) is 5.64. The Bertz CT molecular complexity index is 509. The lowest BCUT2D eigenvalue weighted by molar-refractivity contribution is 0.0962. The topological polar surface area (TPSA) is 51.2 Å². The van der Waals surface area contributed by atoms with Crippen molar-refractivity contribution in [1.82, 2.24) is 10.3 Å². The Balaban J connectivity index is 1.97. The minimum atomic E-state index is -0.155. The molecular weight excluding hydrogens is 228 g/mol. The van der Waals surface area contributed by atoms with Crippen LogP contribution in [0.5, 0.6) is 5.88 Å². The van der Waals surface area contributed by atoms with Gasteiger partial charge in [0.05, 0.1) is 5.56 Å². The van der Waals surface area contributed by atoms with Gasteiger partial charge in [0.15, 0.2) is 0 Å². The number of hydrogen-bond acceptors (Lipinski definition) is 3. The Morgan fingerprint density at radius 3 is 2.61 bits per heavy atom. The molecule has 0 fully saturated rings. The number of nitrogens with one attached hydrogen (secondary N) is 1. The lowest BCUT2D eigenvalue weighted by Crippen LogP contribution is -2.17. The minimum absolute atomic E-state index is 0.155. The van der Waals surface area contributed by atoms with Crippen LogP contribution in [0.1, 0.15) is 15.9 Å². The van der Waals surface area contributed by atoms with Crippen molar-refractivity contribution >= 4 is 5.91 Å². The average molecular weight is 242 g/mol. The van der Waals surface area contributed by atoms with Crippen molar-refractivity contribution in [3.05, 3.63) is 59.8 Å². The highest BCUT2D eigenvalue weighted by Gasteiger charge is 2.03. The van der Waals surface area contributed by atoms with Crippen LogP contribution >= 0.6 is 0 Å². The van der Waals surface area contributed by atoms with E-state index >= 15 is 0 Å². The molecule has 92 valence electrons. The van der Waals surface area contributed by atoms with E-state index in [9.17, 15) is 4.79 Å². The second-order valence-corrected chi connectivity index (χ2v) is 3.74. The summed E-state index contributed by atoms with van der Waals surface area (Å²) in [6, 6.07) is 13.2. The maximum absolute atomic E-state index is 11.3. The second kappa shape index (κ2) is 5.82. The van der Waals surface area contributed by atoms with Crippen LogP contribution in [0.2, 0.25) is 0 Å². The zero-order chi connectivity index (χ0) is 12.8. The van der Waals surface area contributed by atoms with Gasteiger partial charge in [0.2, 0.25) is 5.88 Å². The van der Waals surface area contributed by atoms with Crippen molar-refractivity contribution in [3.8, 4) is 5.88 Å². The van der Waals surface area contributed by atoms with E-state index in [4.69, 9.17) is 4.74 Å². The van der Waals surface area contributed by atoms with Gasteiger partial charge in [-0.2, -0.15) is 0 Å². The molecule has 0 saturated heterocycles. The fourth-order valence-electron chi connectivity index (χ4n) is 1.48. The quantitative estimate of drug-likeness (QED) is 0.892. The summed E-state index contributed by atoms with van der Waals surface area (Å²) < 4.78 is 5.52. The summed E-state index contributed by atoms with van der Waals surface area (Å²) in [4.78, 5) is 15.4. The van der Waals surface area contributed by atoms with E-state index in [0.717, 1.165) is 5.56 Å². The number of amides is 1. The van der Waals surface area contributed by atoms with E-state index in [1.54, 1.807) is 19.2 Å². The van der Waals surface area contributed by atoms with Gasteiger partial charge in [-0.1, -0.05) is 30.3 Å². The van der Waals surface area contributed by atoms with Crippen molar-refractivity contribution in [2.24, 2.45) is 0 Å². The zero-order valence-corrected chi connectivity index (χ0v) is 10.1. The van der Waals surface area contributed by atoms with Gasteiger partial charge in [-0.15, -0.1) is 0 Å². The molecular formula is C14H14N2O2. The van der Waals surface area contributed by atoms with Gasteiger partial charge in [0.25, 0.3) is 5.91 Å². The summed E-state index contributed by atoms with van der Waals surface area (Å²) in [5, 5.41) is 2.54. The van der Waals surface area contributed by atoms with E-state index in [1.165, 1.54) is 6.20 Å². The molecule has 0 aliphatic heterocycles. The second-order valence-electron chi connectivity index (χ2n) is 3.74. The van der Waals surface area contributed by atoms with Crippen LogP contribution in [0, 0.1) is 0 Å². The van der Waals surface area contributed by atoms with Crippen LogP contribution in [0.4, 0.5) is 0 Å². The summed E-state index contributed by atoms with van der Waals surface area (Å²) in [5.41, 5.74) is 1.60. The molecule has 0 unspecified atom stereocenters. The molecule has 1 N–H and O–H groups in total. The van der Waals surface area contributed by atoms with Crippen molar-refractivity contribution in [2.45, 2.75) is 6.61 Å². The number of benzene rings is 1. The van der Waals surface area contributed by atoms with E-state index < -0.39 is 0 Å². The van der Waals surface area contributed by atoms with Crippen LogP contribution < -0.4 is 10.1 Å². The molecule has 4 heteroatoms. The highest BCUT2D eigenvalue weighted by molar-refractivity contribution is 5.93. The monoisotopic (exact) mass is 242 g/mol. The van der Waals surface area contributed by atoms with Crippen LogP contribution in [0.25, 0.3) is 0 Å². The largest absolute Gasteiger partial charge is 0.473 e. The Morgan fingerprint density at radius 2 is 2.00 bits per heavy atom. The number of rotatable bonds is 4. The molecule has 0 saturated carbocycles. The van der Waals surface area contributed by atoms with Crippen molar-refractivity contribution in [1.29, 1.82) is 0 Å². The summed E-state index contributed by atoms with van der Waals surface area (Å²) >= 11 is 0. The molecule has 2 rings (SSSR count). The molecule has 2 aromatic rings. The fraction of sp³-hybridized carbons (Fsp3) is 0.143. The maximum atomic E-state index is 11.3. The van der Waals surface area contributed by atoms with Gasteiger partial charge in [-0.25, -0.2) is 4.98 Å². The molecule has 0 spiro atoms. The van der Waals surface area contributed by atoms with Gasteiger partial charge in [-0.05, 0) is 11.6 Å². The number of aromatic nitrogens is 1. The Morgan fingerprint density at radius 1 is 1.22 bits per heavy atom. The highest BCUT2D eigenvalue weighted by Crippen LogP contribution is 2.10. The molecule has 0 radical (unpaired) electrons. The Hall–Kier alpha value is -2.36. The number of ether oxygens (including phenoxy) is 1. The van der Waals surface area contributed by atoms with Gasteiger partial charge >= 0.3 is 0 Å². The smallest absolute Gasteiger partial charge is 0.252 e. The maximum Gasteiger partial charge on any atom is 0.252 e. The number of carbonyl (C=O) groups excluding carboxylic acids is 1. The van der Waals surface area contributed by atoms with Crippen LogP contribution in [-0.2, 0) is 6.61 Å². The lowest BCUT2D eigenvalue weighted by Gasteiger charge is -2.05. The van der Waals surface area contributed by atoms with Gasteiger partial charge in [0.1, 0.15) is 6.61 Å². The van der Waals surface area contributed by atoms with E-state index in [-0.39, 0.29) is 5.91 Å². The highest BCUT2D eigenvalue weighted by atomic mass is 16.5. The Kier molecular flexibility index (Phi) is 3.91. The van der Waals surface area contributed by atoms with E-state index in [0.29, 0.717) is 18.1 Å². The van der Waals surface area contributed by atoms with Crippen LogP contribution in [0.15, 0.2) is 48.7 Å². The third kappa shape index (κ3) is 3.07. The Labute approximate surface area is 106 Å².